The summed E-state index contributed by atoms with van der Waals surface area (Å²) in [5.74, 6) is 0.147. The Morgan fingerprint density at radius 2 is 2.07 bits per heavy atom. The average molecular weight is 377 g/mol. The van der Waals surface area contributed by atoms with E-state index in [1.165, 1.54) is 7.11 Å². The lowest BCUT2D eigenvalue weighted by atomic mass is 9.83. The number of hydrogen-bond acceptors (Lipinski definition) is 6. The number of rotatable bonds is 5. The molecule has 8 nitrogen and oxygen atoms in total. The summed E-state index contributed by atoms with van der Waals surface area (Å²) < 4.78 is 10.8. The Hall–Kier alpha value is -2.79. The van der Waals surface area contributed by atoms with E-state index in [0.29, 0.717) is 43.3 Å². The van der Waals surface area contributed by atoms with Gasteiger partial charge >= 0.3 is 0 Å². The third kappa shape index (κ3) is 6.79. The molecule has 8 heteroatoms. The maximum atomic E-state index is 12.7. The number of amides is 1. The van der Waals surface area contributed by atoms with Crippen molar-refractivity contribution < 1.29 is 24.2 Å². The monoisotopic (exact) mass is 377 g/mol. The van der Waals surface area contributed by atoms with Gasteiger partial charge in [-0.25, -0.2) is 0 Å². The summed E-state index contributed by atoms with van der Waals surface area (Å²) in [4.78, 5) is 23.4. The fraction of sp³-hybridized carbons (Fsp3) is 0.526. The van der Waals surface area contributed by atoms with Crippen molar-refractivity contribution in [1.29, 1.82) is 5.26 Å². The summed E-state index contributed by atoms with van der Waals surface area (Å²) in [6.07, 6.45) is 1.66. The minimum absolute atomic E-state index is 0.0881. The van der Waals surface area contributed by atoms with Crippen LogP contribution in [0.4, 0.5) is 0 Å². The highest BCUT2D eigenvalue weighted by molar-refractivity contribution is 5.95. The van der Waals surface area contributed by atoms with Crippen molar-refractivity contribution in [3.05, 3.63) is 23.8 Å². The quantitative estimate of drug-likeness (QED) is 0.802. The first-order valence-corrected chi connectivity index (χ1v) is 8.67. The molecule has 2 rings (SSSR count). The molecule has 1 fully saturated rings. The molecule has 1 aliphatic heterocycles. The van der Waals surface area contributed by atoms with Crippen LogP contribution in [0.5, 0.6) is 11.5 Å². The molecule has 3 N–H and O–H groups in total. The molecular weight excluding hydrogens is 350 g/mol. The Bertz CT molecular complexity index is 697. The van der Waals surface area contributed by atoms with Crippen LogP contribution in [0.3, 0.4) is 0 Å². The van der Waals surface area contributed by atoms with Crippen molar-refractivity contribution in [1.82, 2.24) is 4.90 Å². The van der Waals surface area contributed by atoms with Crippen LogP contribution in [0, 0.1) is 16.7 Å². The lowest BCUT2D eigenvalue weighted by molar-refractivity contribution is -0.134. The molecule has 0 saturated carbocycles. The van der Waals surface area contributed by atoms with Gasteiger partial charge in [0.25, 0.3) is 11.9 Å². The van der Waals surface area contributed by atoms with Crippen molar-refractivity contribution in [3.63, 3.8) is 0 Å². The van der Waals surface area contributed by atoms with Gasteiger partial charge in [-0.3, -0.25) is 9.59 Å². The van der Waals surface area contributed by atoms with Crippen LogP contribution in [0.15, 0.2) is 18.2 Å². The lowest BCUT2D eigenvalue weighted by Gasteiger charge is -2.36. The highest BCUT2D eigenvalue weighted by Crippen LogP contribution is 2.31. The van der Waals surface area contributed by atoms with Crippen molar-refractivity contribution in [3.8, 4) is 17.6 Å². The summed E-state index contributed by atoms with van der Waals surface area (Å²) in [5.41, 5.74) is 5.49. The number of carboxylic acids is 1. The second kappa shape index (κ2) is 10.4. The van der Waals surface area contributed by atoms with Crippen LogP contribution < -0.4 is 15.2 Å². The molecule has 1 atom stereocenters. The van der Waals surface area contributed by atoms with Gasteiger partial charge in [0.1, 0.15) is 6.61 Å². The molecule has 1 heterocycles. The maximum absolute atomic E-state index is 12.7. The summed E-state index contributed by atoms with van der Waals surface area (Å²) in [7, 11) is 1.53. The molecule has 0 radical (unpaired) electrons. The zero-order valence-electron chi connectivity index (χ0n) is 16.0. The van der Waals surface area contributed by atoms with Crippen molar-refractivity contribution >= 4 is 11.9 Å². The number of carbonyl (C=O) groups excluding carboxylic acids is 1. The van der Waals surface area contributed by atoms with E-state index in [4.69, 9.17) is 25.1 Å². The smallest absolute Gasteiger partial charge is 0.300 e. The van der Waals surface area contributed by atoms with Crippen LogP contribution in [-0.2, 0) is 4.79 Å². The molecule has 1 aromatic rings. The summed E-state index contributed by atoms with van der Waals surface area (Å²) >= 11 is 0. The number of methoxy groups -OCH3 is 1. The van der Waals surface area contributed by atoms with E-state index in [0.717, 1.165) is 19.8 Å². The van der Waals surface area contributed by atoms with Gasteiger partial charge in [-0.15, -0.1) is 0 Å². The third-order valence-electron chi connectivity index (χ3n) is 4.04. The average Bonchev–Trinajstić information content (AvgIpc) is 2.65. The van der Waals surface area contributed by atoms with E-state index < -0.39 is 11.4 Å². The number of hydrogen-bond donors (Lipinski definition) is 2. The van der Waals surface area contributed by atoms with Gasteiger partial charge in [-0.05, 0) is 38.0 Å². The number of nitrogens with zero attached hydrogens (tertiary/aromatic N) is 2. The van der Waals surface area contributed by atoms with Crippen molar-refractivity contribution in [2.24, 2.45) is 11.1 Å². The van der Waals surface area contributed by atoms with Crippen molar-refractivity contribution in [2.45, 2.75) is 26.7 Å². The largest absolute Gasteiger partial charge is 0.493 e. The number of nitriles is 1. The van der Waals surface area contributed by atoms with Gasteiger partial charge in [0.05, 0.1) is 18.6 Å². The van der Waals surface area contributed by atoms with Crippen LogP contribution in [0.2, 0.25) is 0 Å². The summed E-state index contributed by atoms with van der Waals surface area (Å²) in [6.45, 7) is 4.90. The molecule has 0 aliphatic carbocycles. The Morgan fingerprint density at radius 3 is 2.63 bits per heavy atom. The summed E-state index contributed by atoms with van der Waals surface area (Å²) in [6, 6.07) is 7.43. The number of benzene rings is 1. The minimum Gasteiger partial charge on any atom is -0.493 e. The summed E-state index contributed by atoms with van der Waals surface area (Å²) in [5, 5.41) is 16.7. The first-order chi connectivity index (χ1) is 12.8. The molecule has 0 bridgehead atoms. The number of ether oxygens (including phenoxy) is 2. The predicted octanol–water partition coefficient (Wildman–Crippen LogP) is 1.89. The Labute approximate surface area is 159 Å². The number of piperidine rings is 1. The zero-order chi connectivity index (χ0) is 20.4. The number of likely N-dealkylation sites (tertiary alicyclic amines) is 1. The molecule has 0 spiro atoms. The Kier molecular flexibility index (Phi) is 8.56. The van der Waals surface area contributed by atoms with Crippen molar-refractivity contribution in [2.75, 3.05) is 33.4 Å². The number of nitrogens with two attached hydrogens (primary N) is 1. The van der Waals surface area contributed by atoms with E-state index >= 15 is 0 Å². The topological polar surface area (TPSA) is 126 Å². The van der Waals surface area contributed by atoms with Crippen LogP contribution in [0.25, 0.3) is 0 Å². The van der Waals surface area contributed by atoms with Gasteiger partial charge in [0, 0.05) is 32.1 Å². The van der Waals surface area contributed by atoms with E-state index in [2.05, 4.69) is 6.07 Å². The standard InChI is InChI=1S/C17H23N3O3.C2H4O2/c1-17(11-19)6-3-8-20(12-17)16(21)13-4-5-14(23-9-7-18)15(10-13)22-2;1-2(3)4/h4-5,10H,3,6-9,12,18H2,1-2H3;1H3,(H,3,4). The lowest BCUT2D eigenvalue weighted by Crippen LogP contribution is -2.44. The van der Waals surface area contributed by atoms with Gasteiger partial charge < -0.3 is 25.2 Å². The normalized spacial score (nSPS) is 18.6. The van der Waals surface area contributed by atoms with Crippen LogP contribution >= 0.6 is 0 Å². The molecule has 1 saturated heterocycles. The maximum Gasteiger partial charge on any atom is 0.300 e. The van der Waals surface area contributed by atoms with Gasteiger partial charge in [-0.1, -0.05) is 0 Å². The van der Waals surface area contributed by atoms with Gasteiger partial charge in [0.15, 0.2) is 11.5 Å². The predicted molar refractivity (Wildman–Crippen MR) is 99.7 cm³/mol. The van der Waals surface area contributed by atoms with E-state index in [-0.39, 0.29) is 5.91 Å². The molecule has 1 amide bonds. The molecule has 0 aromatic heterocycles. The first-order valence-electron chi connectivity index (χ1n) is 8.67. The second-order valence-electron chi connectivity index (χ2n) is 6.52. The minimum atomic E-state index is -0.833. The van der Waals surface area contributed by atoms with E-state index in [1.807, 2.05) is 6.92 Å². The molecule has 1 aliphatic rings. The van der Waals surface area contributed by atoms with Gasteiger partial charge in [-0.2, -0.15) is 5.26 Å². The molecule has 148 valence electrons. The Balaban J connectivity index is 0.000000828. The van der Waals surface area contributed by atoms with Crippen LogP contribution in [-0.4, -0.2) is 55.2 Å². The number of carboxylic acid groups (broad SMARTS) is 1. The second-order valence-corrected chi connectivity index (χ2v) is 6.52. The SMILES string of the molecule is CC(=O)O.COc1cc(C(=O)N2CCCC(C)(C#N)C2)ccc1OCCN. The molecular formula is C19H27N3O5. The zero-order valence-corrected chi connectivity index (χ0v) is 16.0. The highest BCUT2D eigenvalue weighted by atomic mass is 16.5. The molecule has 27 heavy (non-hydrogen) atoms. The molecule has 1 aromatic carbocycles. The Morgan fingerprint density at radius 1 is 1.41 bits per heavy atom. The highest BCUT2D eigenvalue weighted by Gasteiger charge is 2.33. The molecule has 1 unspecified atom stereocenters. The van der Waals surface area contributed by atoms with Gasteiger partial charge in [0.2, 0.25) is 0 Å². The third-order valence-corrected chi connectivity index (χ3v) is 4.04. The fourth-order valence-corrected chi connectivity index (χ4v) is 2.78. The van der Waals surface area contributed by atoms with E-state index in [9.17, 15) is 10.1 Å². The van der Waals surface area contributed by atoms with Crippen LogP contribution in [0.1, 0.15) is 37.0 Å². The number of carbonyl (C=O) groups is 2. The fourth-order valence-electron chi connectivity index (χ4n) is 2.78. The first kappa shape index (κ1) is 22.3. The van der Waals surface area contributed by atoms with E-state index in [1.54, 1.807) is 23.1 Å². The number of aliphatic carboxylic acids is 1.